The molecule has 0 heterocycles. The van der Waals surface area contributed by atoms with E-state index in [-0.39, 0.29) is 16.6 Å². The van der Waals surface area contributed by atoms with Crippen LogP contribution in [0.4, 0.5) is 4.39 Å². The van der Waals surface area contributed by atoms with E-state index in [1.54, 1.807) is 12.1 Å². The first-order valence-corrected chi connectivity index (χ1v) is 12.3. The van der Waals surface area contributed by atoms with Crippen LogP contribution in [0.2, 0.25) is 13.1 Å². The zero-order valence-electron chi connectivity index (χ0n) is 18.2. The van der Waals surface area contributed by atoms with E-state index < -0.39 is 8.56 Å². The predicted molar refractivity (Wildman–Crippen MR) is 114 cm³/mol. The number of aryl methyl sites for hydroxylation is 1. The molecule has 2 aromatic carbocycles. The fourth-order valence-electron chi connectivity index (χ4n) is 3.08. The molecule has 2 nitrogen and oxygen atoms in total. The minimum absolute atomic E-state index is 0.0648. The third-order valence-corrected chi connectivity index (χ3v) is 5.78. The molecule has 0 bridgehead atoms. The summed E-state index contributed by atoms with van der Waals surface area (Å²) in [7, 11) is -2.61. The second-order valence-corrected chi connectivity index (χ2v) is 13.0. The van der Waals surface area contributed by atoms with E-state index in [1.807, 2.05) is 13.1 Å². The second-order valence-electron chi connectivity index (χ2n) is 9.75. The molecule has 0 saturated heterocycles. The summed E-state index contributed by atoms with van der Waals surface area (Å²) in [6.45, 7) is 19.3. The Morgan fingerprint density at radius 1 is 0.815 bits per heavy atom. The van der Waals surface area contributed by atoms with Gasteiger partial charge in [0.05, 0.1) is 0 Å². The summed E-state index contributed by atoms with van der Waals surface area (Å²) in [5.41, 5.74) is 3.45. The molecule has 0 N–H and O–H groups in total. The number of rotatable bonds is 4. The Hall–Kier alpha value is -1.81. The Labute approximate surface area is 165 Å². The average molecular weight is 389 g/mol. The van der Waals surface area contributed by atoms with E-state index in [2.05, 4.69) is 60.6 Å². The highest BCUT2D eigenvalue weighted by molar-refractivity contribution is 6.66. The molecule has 0 aliphatic carbocycles. The van der Waals surface area contributed by atoms with Crippen molar-refractivity contribution in [1.29, 1.82) is 0 Å². The Morgan fingerprint density at radius 2 is 1.33 bits per heavy atom. The lowest BCUT2D eigenvalue weighted by Gasteiger charge is -2.34. The van der Waals surface area contributed by atoms with Crippen molar-refractivity contribution in [3.63, 3.8) is 0 Å². The molecule has 0 aliphatic heterocycles. The third kappa shape index (κ3) is 5.58. The van der Waals surface area contributed by atoms with E-state index in [4.69, 9.17) is 8.85 Å². The molecular formula is C23H33FO2Si. The molecule has 0 atom stereocenters. The molecule has 0 saturated carbocycles. The summed E-state index contributed by atoms with van der Waals surface area (Å²) < 4.78 is 26.3. The number of benzene rings is 2. The van der Waals surface area contributed by atoms with Gasteiger partial charge in [-0.3, -0.25) is 0 Å². The van der Waals surface area contributed by atoms with Crippen molar-refractivity contribution in [3.05, 3.63) is 58.9 Å². The van der Waals surface area contributed by atoms with Crippen LogP contribution in [0.1, 0.15) is 58.2 Å². The van der Waals surface area contributed by atoms with E-state index >= 15 is 0 Å². The number of halogens is 1. The maximum absolute atomic E-state index is 13.5. The quantitative estimate of drug-likeness (QED) is 0.531. The Bertz CT molecular complexity index is 779. The van der Waals surface area contributed by atoms with Crippen LogP contribution >= 0.6 is 0 Å². The highest BCUT2D eigenvalue weighted by Gasteiger charge is 2.35. The molecule has 0 fully saturated rings. The summed E-state index contributed by atoms with van der Waals surface area (Å²) in [5, 5.41) is 0. The fraction of sp³-hybridized carbons (Fsp3) is 0.478. The lowest BCUT2D eigenvalue weighted by molar-refractivity contribution is 0.380. The number of hydrogen-bond acceptors (Lipinski definition) is 2. The predicted octanol–water partition coefficient (Wildman–Crippen LogP) is 6.89. The summed E-state index contributed by atoms with van der Waals surface area (Å²) >= 11 is 0. The first-order chi connectivity index (χ1) is 12.2. The van der Waals surface area contributed by atoms with Crippen LogP contribution in [0, 0.1) is 12.7 Å². The summed E-state index contributed by atoms with van der Waals surface area (Å²) in [6, 6.07) is 10.7. The van der Waals surface area contributed by atoms with Crippen molar-refractivity contribution < 1.29 is 13.2 Å². The average Bonchev–Trinajstić information content (AvgIpc) is 2.45. The topological polar surface area (TPSA) is 18.5 Å². The van der Waals surface area contributed by atoms with Crippen molar-refractivity contribution in [2.45, 2.75) is 72.4 Å². The van der Waals surface area contributed by atoms with Gasteiger partial charge in [-0.2, -0.15) is 0 Å². The van der Waals surface area contributed by atoms with E-state index in [9.17, 15) is 4.39 Å². The molecule has 2 aromatic rings. The van der Waals surface area contributed by atoms with Gasteiger partial charge in [0.1, 0.15) is 17.3 Å². The Kier molecular flexibility index (Phi) is 5.81. The molecular weight excluding hydrogens is 355 g/mol. The molecule has 0 aliphatic rings. The van der Waals surface area contributed by atoms with Gasteiger partial charge in [0, 0.05) is 19.2 Å². The van der Waals surface area contributed by atoms with Crippen LogP contribution in [0.3, 0.4) is 0 Å². The molecule has 0 unspecified atom stereocenters. The number of hydrogen-bond donors (Lipinski definition) is 0. The highest BCUT2D eigenvalue weighted by Crippen LogP contribution is 2.41. The third-order valence-electron chi connectivity index (χ3n) is 4.36. The second kappa shape index (κ2) is 7.31. The van der Waals surface area contributed by atoms with Gasteiger partial charge in [0.2, 0.25) is 0 Å². The SMILES string of the molecule is Cc1cc(C(C)(C)C)c(O[Si](C)(C)Oc2cccc(F)c2)c(C(C)(C)C)c1. The van der Waals surface area contributed by atoms with Crippen LogP contribution in [0.15, 0.2) is 36.4 Å². The van der Waals surface area contributed by atoms with Crippen molar-refractivity contribution in [2.24, 2.45) is 0 Å². The van der Waals surface area contributed by atoms with Gasteiger partial charge in [0.25, 0.3) is 0 Å². The van der Waals surface area contributed by atoms with E-state index in [1.165, 1.54) is 28.8 Å². The maximum atomic E-state index is 13.5. The van der Waals surface area contributed by atoms with Gasteiger partial charge in [0.15, 0.2) is 0 Å². The maximum Gasteiger partial charge on any atom is 0.454 e. The lowest BCUT2D eigenvalue weighted by atomic mass is 9.78. The monoisotopic (exact) mass is 388 g/mol. The molecule has 0 radical (unpaired) electrons. The van der Waals surface area contributed by atoms with Crippen LogP contribution in [-0.2, 0) is 10.8 Å². The molecule has 0 amide bonds. The van der Waals surface area contributed by atoms with Gasteiger partial charge in [-0.1, -0.05) is 65.3 Å². The molecule has 148 valence electrons. The van der Waals surface area contributed by atoms with Crippen molar-refractivity contribution in [3.8, 4) is 11.5 Å². The van der Waals surface area contributed by atoms with Gasteiger partial charge in [-0.05, 0) is 41.0 Å². The molecule has 0 spiro atoms. The first-order valence-electron chi connectivity index (χ1n) is 9.48. The highest BCUT2D eigenvalue weighted by atomic mass is 28.4. The molecule has 2 rings (SSSR count). The van der Waals surface area contributed by atoms with E-state index in [0.29, 0.717) is 5.75 Å². The van der Waals surface area contributed by atoms with Gasteiger partial charge in [-0.25, -0.2) is 4.39 Å². The van der Waals surface area contributed by atoms with Gasteiger partial charge in [-0.15, -0.1) is 0 Å². The van der Waals surface area contributed by atoms with Crippen molar-refractivity contribution >= 4 is 8.56 Å². The van der Waals surface area contributed by atoms with E-state index in [0.717, 1.165) is 5.75 Å². The molecule has 27 heavy (non-hydrogen) atoms. The minimum atomic E-state index is -2.61. The van der Waals surface area contributed by atoms with Crippen LogP contribution < -0.4 is 8.85 Å². The van der Waals surface area contributed by atoms with Gasteiger partial charge < -0.3 is 8.85 Å². The summed E-state index contributed by atoms with van der Waals surface area (Å²) in [4.78, 5) is 0. The standard InChI is InChI=1S/C23H33FO2Si/c1-16-13-19(22(2,3)4)21(20(14-16)23(5,6)7)26-27(8,9)25-18-12-10-11-17(24)15-18/h10-15H,1-9H3. The van der Waals surface area contributed by atoms with Crippen molar-refractivity contribution in [2.75, 3.05) is 0 Å². The first kappa shape index (κ1) is 21.5. The van der Waals surface area contributed by atoms with Crippen LogP contribution in [0.5, 0.6) is 11.5 Å². The zero-order chi connectivity index (χ0) is 20.6. The normalized spacial score (nSPS) is 12.8. The molecule has 0 aromatic heterocycles. The summed E-state index contributed by atoms with van der Waals surface area (Å²) in [6.07, 6.45) is 0. The fourth-order valence-corrected chi connectivity index (χ4v) is 4.53. The van der Waals surface area contributed by atoms with Crippen molar-refractivity contribution in [1.82, 2.24) is 0 Å². The molecule has 4 heteroatoms. The Balaban J connectivity index is 2.52. The minimum Gasteiger partial charge on any atom is -0.512 e. The van der Waals surface area contributed by atoms with Gasteiger partial charge >= 0.3 is 8.56 Å². The largest absolute Gasteiger partial charge is 0.512 e. The summed E-state index contributed by atoms with van der Waals surface area (Å²) in [5.74, 6) is 1.11. The van der Waals surface area contributed by atoms with Crippen LogP contribution in [0.25, 0.3) is 0 Å². The smallest absolute Gasteiger partial charge is 0.454 e. The Morgan fingerprint density at radius 3 is 1.78 bits per heavy atom. The van der Waals surface area contributed by atoms with Crippen LogP contribution in [-0.4, -0.2) is 8.56 Å². The zero-order valence-corrected chi connectivity index (χ0v) is 19.2. The lowest BCUT2D eigenvalue weighted by Crippen LogP contribution is -2.43.